The Morgan fingerprint density at radius 3 is 3.00 bits per heavy atom. The summed E-state index contributed by atoms with van der Waals surface area (Å²) < 4.78 is 5.05. The van der Waals surface area contributed by atoms with Crippen molar-refractivity contribution in [2.45, 2.75) is 26.2 Å². The zero-order valence-electron chi connectivity index (χ0n) is 10.3. The van der Waals surface area contributed by atoms with Crippen LogP contribution in [0.15, 0.2) is 16.7 Å². The summed E-state index contributed by atoms with van der Waals surface area (Å²) in [5.41, 5.74) is 0.824. The van der Waals surface area contributed by atoms with Crippen LogP contribution in [0.2, 0.25) is 5.22 Å². The molecule has 18 heavy (non-hydrogen) atoms. The molecule has 2 aromatic heterocycles. The van der Waals surface area contributed by atoms with Crippen molar-refractivity contribution in [1.29, 1.82) is 0 Å². The molecule has 0 spiro atoms. The molecule has 0 saturated carbocycles. The highest BCUT2D eigenvalue weighted by Crippen LogP contribution is 2.31. The van der Waals surface area contributed by atoms with Crippen molar-refractivity contribution in [3.05, 3.63) is 22.6 Å². The summed E-state index contributed by atoms with van der Waals surface area (Å²) in [6.07, 6.45) is 4.76. The van der Waals surface area contributed by atoms with Crippen LogP contribution in [0.3, 0.4) is 0 Å². The molecule has 4 nitrogen and oxygen atoms in total. The first-order valence-corrected chi connectivity index (χ1v) is 7.27. The van der Waals surface area contributed by atoms with Crippen LogP contribution in [-0.2, 0) is 6.42 Å². The van der Waals surface area contributed by atoms with E-state index in [0.29, 0.717) is 5.22 Å². The quantitative estimate of drug-likeness (QED) is 0.792. The standard InChI is InChI=1S/C12H16ClN3OS/c1-2-6-14-7-3-4-10-15-16-12(18-10)9-5-8-17-11(9)13/h5,8,14H,2-4,6-7H2,1H3. The molecule has 0 bridgehead atoms. The van der Waals surface area contributed by atoms with Gasteiger partial charge in [0.05, 0.1) is 11.8 Å². The predicted molar refractivity (Wildman–Crippen MR) is 74.1 cm³/mol. The lowest BCUT2D eigenvalue weighted by molar-refractivity contribution is 0.570. The number of rotatable bonds is 7. The maximum atomic E-state index is 5.91. The zero-order chi connectivity index (χ0) is 12.8. The normalized spacial score (nSPS) is 11.0. The molecule has 0 aliphatic heterocycles. The van der Waals surface area contributed by atoms with Gasteiger partial charge in [-0.15, -0.1) is 10.2 Å². The summed E-state index contributed by atoms with van der Waals surface area (Å²) in [6, 6.07) is 1.81. The van der Waals surface area contributed by atoms with Crippen molar-refractivity contribution in [3.8, 4) is 10.6 Å². The van der Waals surface area contributed by atoms with Gasteiger partial charge < -0.3 is 9.73 Å². The molecule has 1 N–H and O–H groups in total. The number of halogens is 1. The van der Waals surface area contributed by atoms with E-state index in [-0.39, 0.29) is 0 Å². The number of nitrogens with zero attached hydrogens (tertiary/aromatic N) is 2. The van der Waals surface area contributed by atoms with Crippen LogP contribution in [0.25, 0.3) is 10.6 Å². The number of hydrogen-bond acceptors (Lipinski definition) is 5. The Bertz CT molecular complexity index is 483. The Labute approximate surface area is 115 Å². The lowest BCUT2D eigenvalue weighted by Gasteiger charge is -1.99. The fraction of sp³-hybridized carbons (Fsp3) is 0.500. The van der Waals surface area contributed by atoms with Crippen LogP contribution in [0.1, 0.15) is 24.8 Å². The molecule has 2 rings (SSSR count). The monoisotopic (exact) mass is 285 g/mol. The third-order valence-electron chi connectivity index (χ3n) is 2.49. The molecule has 0 aliphatic rings. The highest BCUT2D eigenvalue weighted by molar-refractivity contribution is 7.14. The molecule has 0 radical (unpaired) electrons. The summed E-state index contributed by atoms with van der Waals surface area (Å²) in [6.45, 7) is 4.26. The van der Waals surface area contributed by atoms with Gasteiger partial charge in [-0.1, -0.05) is 18.3 Å². The first kappa shape index (κ1) is 13.5. The van der Waals surface area contributed by atoms with Gasteiger partial charge in [0.1, 0.15) is 5.01 Å². The van der Waals surface area contributed by atoms with E-state index in [0.717, 1.165) is 41.5 Å². The van der Waals surface area contributed by atoms with Gasteiger partial charge in [0.2, 0.25) is 5.22 Å². The van der Waals surface area contributed by atoms with Crippen molar-refractivity contribution in [3.63, 3.8) is 0 Å². The third kappa shape index (κ3) is 3.54. The highest BCUT2D eigenvalue weighted by Gasteiger charge is 2.11. The van der Waals surface area contributed by atoms with E-state index in [4.69, 9.17) is 16.0 Å². The van der Waals surface area contributed by atoms with Gasteiger partial charge in [-0.05, 0) is 43.6 Å². The molecule has 0 atom stereocenters. The van der Waals surface area contributed by atoms with Crippen molar-refractivity contribution < 1.29 is 4.42 Å². The molecule has 2 heterocycles. The van der Waals surface area contributed by atoms with Crippen LogP contribution >= 0.6 is 22.9 Å². The van der Waals surface area contributed by atoms with Crippen molar-refractivity contribution >= 4 is 22.9 Å². The minimum Gasteiger partial charge on any atom is -0.452 e. The van der Waals surface area contributed by atoms with E-state index in [1.54, 1.807) is 17.6 Å². The Morgan fingerprint density at radius 2 is 2.28 bits per heavy atom. The van der Waals surface area contributed by atoms with Gasteiger partial charge in [-0.2, -0.15) is 0 Å². The number of aryl methyl sites for hydroxylation is 1. The van der Waals surface area contributed by atoms with E-state index in [1.165, 1.54) is 6.42 Å². The molecule has 0 unspecified atom stereocenters. The molecule has 0 aliphatic carbocycles. The molecule has 0 aromatic carbocycles. The fourth-order valence-corrected chi connectivity index (χ4v) is 2.74. The number of hydrogen-bond donors (Lipinski definition) is 1. The molecule has 0 saturated heterocycles. The first-order valence-electron chi connectivity index (χ1n) is 6.07. The van der Waals surface area contributed by atoms with Gasteiger partial charge >= 0.3 is 0 Å². The van der Waals surface area contributed by atoms with Gasteiger partial charge in [0.15, 0.2) is 5.01 Å². The average Bonchev–Trinajstić information content (AvgIpc) is 2.97. The number of aromatic nitrogens is 2. The van der Waals surface area contributed by atoms with Crippen LogP contribution in [0.5, 0.6) is 0 Å². The average molecular weight is 286 g/mol. The molecule has 98 valence electrons. The highest BCUT2D eigenvalue weighted by atomic mass is 35.5. The third-order valence-corrected chi connectivity index (χ3v) is 3.80. The van der Waals surface area contributed by atoms with Crippen LogP contribution < -0.4 is 5.32 Å². The molecular formula is C12H16ClN3OS. The second-order valence-corrected chi connectivity index (χ2v) is 5.37. The maximum Gasteiger partial charge on any atom is 0.203 e. The predicted octanol–water partition coefficient (Wildman–Crippen LogP) is 3.38. The number of furan rings is 1. The van der Waals surface area contributed by atoms with Gasteiger partial charge in [0, 0.05) is 6.42 Å². The summed E-state index contributed by atoms with van der Waals surface area (Å²) >= 11 is 7.48. The smallest absolute Gasteiger partial charge is 0.203 e. The topological polar surface area (TPSA) is 51.0 Å². The molecule has 0 amide bonds. The number of nitrogens with one attached hydrogen (secondary N) is 1. The lowest BCUT2D eigenvalue weighted by atomic mass is 10.3. The van der Waals surface area contributed by atoms with E-state index in [2.05, 4.69) is 22.4 Å². The van der Waals surface area contributed by atoms with Gasteiger partial charge in [-0.25, -0.2) is 0 Å². The second-order valence-electron chi connectivity index (χ2n) is 3.96. The minimum absolute atomic E-state index is 0.377. The second kappa shape index (κ2) is 6.87. The van der Waals surface area contributed by atoms with Crippen LogP contribution in [0, 0.1) is 0 Å². The van der Waals surface area contributed by atoms with Crippen LogP contribution in [-0.4, -0.2) is 23.3 Å². The zero-order valence-corrected chi connectivity index (χ0v) is 11.9. The van der Waals surface area contributed by atoms with Crippen molar-refractivity contribution in [2.75, 3.05) is 13.1 Å². The Balaban J connectivity index is 1.85. The van der Waals surface area contributed by atoms with Crippen LogP contribution in [0.4, 0.5) is 0 Å². The summed E-state index contributed by atoms with van der Waals surface area (Å²) in [5, 5.41) is 13.9. The van der Waals surface area contributed by atoms with E-state index in [1.807, 2.05) is 6.07 Å². The SMILES string of the molecule is CCCNCCCc1nnc(-c2ccoc2Cl)s1. The Morgan fingerprint density at radius 1 is 1.39 bits per heavy atom. The Hall–Kier alpha value is -0.910. The summed E-state index contributed by atoms with van der Waals surface area (Å²) in [7, 11) is 0. The minimum atomic E-state index is 0.377. The maximum absolute atomic E-state index is 5.91. The largest absolute Gasteiger partial charge is 0.452 e. The van der Waals surface area contributed by atoms with Crippen molar-refractivity contribution in [2.24, 2.45) is 0 Å². The molecule has 6 heteroatoms. The van der Waals surface area contributed by atoms with Crippen molar-refractivity contribution in [1.82, 2.24) is 15.5 Å². The summed E-state index contributed by atoms with van der Waals surface area (Å²) in [5.74, 6) is 0. The molecule has 2 aromatic rings. The van der Waals surface area contributed by atoms with Gasteiger partial charge in [-0.3, -0.25) is 0 Å². The molecule has 0 fully saturated rings. The van der Waals surface area contributed by atoms with E-state index < -0.39 is 0 Å². The van der Waals surface area contributed by atoms with Gasteiger partial charge in [0.25, 0.3) is 0 Å². The fourth-order valence-electron chi connectivity index (χ4n) is 1.58. The van der Waals surface area contributed by atoms with E-state index in [9.17, 15) is 0 Å². The van der Waals surface area contributed by atoms with E-state index >= 15 is 0 Å². The first-order chi connectivity index (χ1) is 8.81. The summed E-state index contributed by atoms with van der Waals surface area (Å²) in [4.78, 5) is 0. The Kier molecular flexibility index (Phi) is 5.16. The lowest BCUT2D eigenvalue weighted by Crippen LogP contribution is -2.16. The molecular weight excluding hydrogens is 270 g/mol.